The van der Waals surface area contributed by atoms with Gasteiger partial charge in [-0.25, -0.2) is 15.0 Å². The Hall–Kier alpha value is -1.98. The van der Waals surface area contributed by atoms with Crippen LogP contribution in [0.5, 0.6) is 0 Å². The van der Waals surface area contributed by atoms with Gasteiger partial charge in [0.15, 0.2) is 5.82 Å². The van der Waals surface area contributed by atoms with E-state index >= 15 is 0 Å². The van der Waals surface area contributed by atoms with Gasteiger partial charge in [-0.2, -0.15) is 4.68 Å². The van der Waals surface area contributed by atoms with E-state index in [1.807, 2.05) is 27.8 Å². The Morgan fingerprint density at radius 1 is 1.05 bits per heavy atom. The molecule has 0 unspecified atom stereocenters. The average Bonchev–Trinajstić information content (AvgIpc) is 2.68. The van der Waals surface area contributed by atoms with Gasteiger partial charge in [0.05, 0.1) is 0 Å². The molecule has 0 amide bonds. The molecule has 0 aromatic carbocycles. The van der Waals surface area contributed by atoms with Crippen LogP contribution in [0.15, 0.2) is 0 Å². The number of nitrogens with one attached hydrogen (secondary N) is 1. The highest BCUT2D eigenvalue weighted by molar-refractivity contribution is 5.51. The predicted molar refractivity (Wildman–Crippen MR) is 74.8 cm³/mol. The molecule has 0 aliphatic heterocycles. The third-order valence-corrected chi connectivity index (χ3v) is 2.97. The molecule has 0 saturated heterocycles. The lowest BCUT2D eigenvalue weighted by Gasteiger charge is -2.14. The van der Waals surface area contributed by atoms with Crippen molar-refractivity contribution in [2.24, 2.45) is 0 Å². The normalized spacial score (nSPS) is 11.1. The fraction of sp³-hybridized carbons (Fsp3) is 0.538. The van der Waals surface area contributed by atoms with E-state index < -0.39 is 0 Å². The molecule has 0 fully saturated rings. The largest absolute Gasteiger partial charge is 0.373 e. The highest BCUT2D eigenvalue weighted by Crippen LogP contribution is 2.22. The lowest BCUT2D eigenvalue weighted by atomic mass is 10.2. The molecule has 0 bridgehead atoms. The summed E-state index contributed by atoms with van der Waals surface area (Å²) >= 11 is 0. The van der Waals surface area contributed by atoms with Gasteiger partial charge >= 0.3 is 0 Å². The second kappa shape index (κ2) is 4.95. The zero-order valence-electron chi connectivity index (χ0n) is 12.3. The van der Waals surface area contributed by atoms with Crippen molar-refractivity contribution < 1.29 is 0 Å². The number of aryl methyl sites for hydroxylation is 2. The van der Waals surface area contributed by atoms with Crippen molar-refractivity contribution in [1.82, 2.24) is 24.7 Å². The van der Waals surface area contributed by atoms with Gasteiger partial charge in [-0.05, 0) is 20.8 Å². The van der Waals surface area contributed by atoms with Crippen LogP contribution in [-0.2, 0) is 0 Å². The van der Waals surface area contributed by atoms with E-state index in [9.17, 15) is 0 Å². The summed E-state index contributed by atoms with van der Waals surface area (Å²) in [4.78, 5) is 13.5. The van der Waals surface area contributed by atoms with E-state index in [-0.39, 0.29) is 5.92 Å². The standard InChI is InChI=1S/C13H20N6/c1-7(2)11-16-12(14-6)8(3)13(17-11)19-10(5)15-9(4)18-19/h7H,1-6H3,(H,14,16,17). The first kappa shape index (κ1) is 13.5. The van der Waals surface area contributed by atoms with Gasteiger partial charge in [0.25, 0.3) is 0 Å². The Balaban J connectivity index is 2.68. The summed E-state index contributed by atoms with van der Waals surface area (Å²) in [5.41, 5.74) is 0.972. The number of aromatic nitrogens is 5. The third kappa shape index (κ3) is 2.43. The highest BCUT2D eigenvalue weighted by atomic mass is 15.4. The van der Waals surface area contributed by atoms with Crippen molar-refractivity contribution in [2.75, 3.05) is 12.4 Å². The quantitative estimate of drug-likeness (QED) is 0.915. The molecule has 2 aromatic rings. The van der Waals surface area contributed by atoms with Crippen LogP contribution >= 0.6 is 0 Å². The summed E-state index contributed by atoms with van der Waals surface area (Å²) in [6.45, 7) is 9.94. The second-order valence-electron chi connectivity index (χ2n) is 4.90. The second-order valence-corrected chi connectivity index (χ2v) is 4.90. The molecule has 102 valence electrons. The minimum absolute atomic E-state index is 0.261. The summed E-state index contributed by atoms with van der Waals surface area (Å²) in [6, 6.07) is 0. The SMILES string of the molecule is CNc1nc(C(C)C)nc(-n2nc(C)nc2C)c1C. The summed E-state index contributed by atoms with van der Waals surface area (Å²) in [5, 5.41) is 7.52. The maximum atomic E-state index is 4.63. The third-order valence-electron chi connectivity index (χ3n) is 2.97. The van der Waals surface area contributed by atoms with Gasteiger partial charge < -0.3 is 5.32 Å². The topological polar surface area (TPSA) is 68.5 Å². The smallest absolute Gasteiger partial charge is 0.164 e. The Morgan fingerprint density at radius 3 is 2.21 bits per heavy atom. The van der Waals surface area contributed by atoms with Crippen molar-refractivity contribution in [1.29, 1.82) is 0 Å². The van der Waals surface area contributed by atoms with Crippen LogP contribution < -0.4 is 5.32 Å². The lowest BCUT2D eigenvalue weighted by Crippen LogP contribution is -2.12. The maximum absolute atomic E-state index is 4.63. The molecule has 0 aliphatic rings. The van der Waals surface area contributed by atoms with E-state index in [0.29, 0.717) is 0 Å². The summed E-state index contributed by atoms with van der Waals surface area (Å²) in [7, 11) is 1.86. The number of rotatable bonds is 3. The summed E-state index contributed by atoms with van der Waals surface area (Å²) in [6.07, 6.45) is 0. The van der Waals surface area contributed by atoms with E-state index in [4.69, 9.17) is 0 Å². The summed E-state index contributed by atoms with van der Waals surface area (Å²) in [5.74, 6) is 4.26. The Bertz CT molecular complexity index is 599. The van der Waals surface area contributed by atoms with Crippen LogP contribution in [0, 0.1) is 20.8 Å². The average molecular weight is 260 g/mol. The first-order valence-electron chi connectivity index (χ1n) is 6.41. The predicted octanol–water partition coefficient (Wildman–Crippen LogP) is 2.15. The maximum Gasteiger partial charge on any atom is 0.164 e. The van der Waals surface area contributed by atoms with Crippen molar-refractivity contribution >= 4 is 5.82 Å². The molecule has 0 saturated carbocycles. The molecular formula is C13H20N6. The Labute approximate surface area is 113 Å². The van der Waals surface area contributed by atoms with Gasteiger partial charge in [-0.1, -0.05) is 13.8 Å². The van der Waals surface area contributed by atoms with Gasteiger partial charge in [-0.3, -0.25) is 0 Å². The number of nitrogens with zero attached hydrogens (tertiary/aromatic N) is 5. The van der Waals surface area contributed by atoms with E-state index in [1.165, 1.54) is 0 Å². The molecule has 1 N–H and O–H groups in total. The van der Waals surface area contributed by atoms with Crippen LogP contribution in [0.25, 0.3) is 5.82 Å². The molecule has 6 nitrogen and oxygen atoms in total. The van der Waals surface area contributed by atoms with Crippen LogP contribution in [0.2, 0.25) is 0 Å². The van der Waals surface area contributed by atoms with Crippen molar-refractivity contribution in [3.05, 3.63) is 23.0 Å². The Kier molecular flexibility index (Phi) is 3.50. The zero-order chi connectivity index (χ0) is 14.2. The first-order valence-corrected chi connectivity index (χ1v) is 6.41. The molecule has 0 atom stereocenters. The minimum Gasteiger partial charge on any atom is -0.373 e. The molecule has 6 heteroatoms. The van der Waals surface area contributed by atoms with Gasteiger partial charge in [0.1, 0.15) is 23.3 Å². The van der Waals surface area contributed by atoms with Crippen LogP contribution in [0.1, 0.15) is 42.8 Å². The van der Waals surface area contributed by atoms with E-state index in [2.05, 4.69) is 39.2 Å². The van der Waals surface area contributed by atoms with Crippen LogP contribution in [0.4, 0.5) is 5.82 Å². The molecule has 0 spiro atoms. The number of anilines is 1. The first-order chi connectivity index (χ1) is 8.93. The van der Waals surface area contributed by atoms with Crippen LogP contribution in [-0.4, -0.2) is 31.8 Å². The van der Waals surface area contributed by atoms with Gasteiger partial charge in [-0.15, -0.1) is 5.10 Å². The fourth-order valence-corrected chi connectivity index (χ4v) is 1.95. The molecule has 0 aliphatic carbocycles. The molecular weight excluding hydrogens is 240 g/mol. The van der Waals surface area contributed by atoms with Gasteiger partial charge in [0.2, 0.25) is 0 Å². The van der Waals surface area contributed by atoms with Crippen molar-refractivity contribution in [3.63, 3.8) is 0 Å². The molecule has 2 rings (SSSR count). The Morgan fingerprint density at radius 2 is 1.74 bits per heavy atom. The van der Waals surface area contributed by atoms with Crippen LogP contribution in [0.3, 0.4) is 0 Å². The fourth-order valence-electron chi connectivity index (χ4n) is 1.95. The molecule has 19 heavy (non-hydrogen) atoms. The summed E-state index contributed by atoms with van der Waals surface area (Å²) < 4.78 is 1.78. The number of hydrogen-bond donors (Lipinski definition) is 1. The molecule has 2 aromatic heterocycles. The zero-order valence-corrected chi connectivity index (χ0v) is 12.3. The molecule has 2 heterocycles. The monoisotopic (exact) mass is 260 g/mol. The lowest BCUT2D eigenvalue weighted by molar-refractivity contribution is 0.730. The minimum atomic E-state index is 0.261. The molecule has 0 radical (unpaired) electrons. The van der Waals surface area contributed by atoms with Crippen molar-refractivity contribution in [3.8, 4) is 5.82 Å². The van der Waals surface area contributed by atoms with Gasteiger partial charge in [0, 0.05) is 18.5 Å². The number of hydrogen-bond acceptors (Lipinski definition) is 5. The van der Waals surface area contributed by atoms with E-state index in [0.717, 1.165) is 34.7 Å². The highest BCUT2D eigenvalue weighted by Gasteiger charge is 2.16. The van der Waals surface area contributed by atoms with Crippen molar-refractivity contribution in [2.45, 2.75) is 40.5 Å². The van der Waals surface area contributed by atoms with E-state index in [1.54, 1.807) is 4.68 Å².